The highest BCUT2D eigenvalue weighted by Crippen LogP contribution is 2.34. The maximum atomic E-state index is 14.6. The van der Waals surface area contributed by atoms with Crippen LogP contribution in [-0.2, 0) is 0 Å². The maximum Gasteiger partial charge on any atom is 0.511 e. The second-order valence-corrected chi connectivity index (χ2v) is 11.8. The van der Waals surface area contributed by atoms with Crippen LogP contribution in [0.15, 0.2) is 0 Å². The Balaban J connectivity index is 5.38. The maximum absolute atomic E-state index is 14.6. The number of nitrogens with zero attached hydrogens (tertiary/aromatic N) is 2. The third-order valence-corrected chi connectivity index (χ3v) is 10.4. The van der Waals surface area contributed by atoms with Gasteiger partial charge in [0, 0.05) is 24.2 Å². The minimum Gasteiger partial charge on any atom is -0.269 e. The van der Waals surface area contributed by atoms with Crippen molar-refractivity contribution >= 4 is 17.8 Å². The van der Waals surface area contributed by atoms with E-state index in [2.05, 4.69) is 0 Å². The van der Waals surface area contributed by atoms with E-state index >= 15 is 0 Å². The molecule has 0 radical (unpaired) electrons. The second-order valence-electron chi connectivity index (χ2n) is 6.70. The molecule has 128 valence electrons. The second kappa shape index (κ2) is 7.56. The van der Waals surface area contributed by atoms with Crippen molar-refractivity contribution in [1.82, 2.24) is 9.13 Å². The highest BCUT2D eigenvalue weighted by molar-refractivity contribution is 6.82. The SMILES string of the molecule is CC(C)N(C(C)C)[Si](F)(F)C[Si](F)(F)N(C(C)C)C(C)C. The van der Waals surface area contributed by atoms with E-state index in [1.807, 2.05) is 0 Å². The topological polar surface area (TPSA) is 6.48 Å². The first-order chi connectivity index (χ1) is 9.24. The molecule has 0 aliphatic heterocycles. The van der Waals surface area contributed by atoms with Gasteiger partial charge in [-0.15, -0.1) is 0 Å². The van der Waals surface area contributed by atoms with Gasteiger partial charge in [-0.25, -0.2) is 0 Å². The Morgan fingerprint density at radius 1 is 0.571 bits per heavy atom. The highest BCUT2D eigenvalue weighted by atomic mass is 28.5. The van der Waals surface area contributed by atoms with Crippen molar-refractivity contribution in [2.45, 2.75) is 85.2 Å². The molecule has 0 amide bonds. The minimum atomic E-state index is -5.15. The molecule has 0 aromatic carbocycles. The summed E-state index contributed by atoms with van der Waals surface area (Å²) < 4.78 is 60.3. The first-order valence-electron chi connectivity index (χ1n) is 7.56. The van der Waals surface area contributed by atoms with Crippen LogP contribution >= 0.6 is 0 Å². The Hall–Kier alpha value is 0.0738. The number of hydrogen-bond donors (Lipinski definition) is 0. The first kappa shape index (κ1) is 21.1. The fourth-order valence-electron chi connectivity index (χ4n) is 3.14. The molecule has 0 rings (SSSR count). The van der Waals surface area contributed by atoms with Crippen molar-refractivity contribution in [1.29, 1.82) is 0 Å². The van der Waals surface area contributed by atoms with Crippen LogP contribution in [0.2, 0.25) is 5.67 Å². The van der Waals surface area contributed by atoms with Gasteiger partial charge in [-0.1, -0.05) is 55.4 Å². The van der Waals surface area contributed by atoms with Crippen molar-refractivity contribution in [2.24, 2.45) is 0 Å². The molecule has 8 heteroatoms. The van der Waals surface area contributed by atoms with E-state index in [1.165, 1.54) is 0 Å². The molecular formula is C13H30F4N2Si2. The molecule has 0 spiro atoms. The van der Waals surface area contributed by atoms with Crippen LogP contribution in [0.5, 0.6) is 0 Å². The van der Waals surface area contributed by atoms with Crippen LogP contribution < -0.4 is 0 Å². The molecule has 0 bridgehead atoms. The molecule has 0 aliphatic carbocycles. The fraction of sp³-hybridized carbons (Fsp3) is 1.00. The van der Waals surface area contributed by atoms with E-state index in [1.54, 1.807) is 55.4 Å². The Morgan fingerprint density at radius 2 is 0.762 bits per heavy atom. The molecule has 0 aromatic rings. The molecule has 2 nitrogen and oxygen atoms in total. The summed E-state index contributed by atoms with van der Waals surface area (Å²) in [5.41, 5.74) is -1.22. The summed E-state index contributed by atoms with van der Waals surface area (Å²) in [6.45, 7) is 13.1. The van der Waals surface area contributed by atoms with E-state index in [9.17, 15) is 16.4 Å². The Kier molecular flexibility index (Phi) is 7.59. The lowest BCUT2D eigenvalue weighted by atomic mass is 10.3. The van der Waals surface area contributed by atoms with Gasteiger partial charge < -0.3 is 0 Å². The molecule has 0 aromatic heterocycles. The molecule has 0 N–H and O–H groups in total. The molecule has 0 aliphatic rings. The van der Waals surface area contributed by atoms with Crippen molar-refractivity contribution in [3.05, 3.63) is 0 Å². The summed E-state index contributed by atoms with van der Waals surface area (Å²) in [6.07, 6.45) is 0. The van der Waals surface area contributed by atoms with Gasteiger partial charge in [-0.3, -0.25) is 25.6 Å². The van der Waals surface area contributed by atoms with E-state index in [-0.39, 0.29) is 0 Å². The number of rotatable bonds is 8. The summed E-state index contributed by atoms with van der Waals surface area (Å²) >= 11 is 0. The molecule has 0 heterocycles. The van der Waals surface area contributed by atoms with Crippen LogP contribution in [0.1, 0.15) is 55.4 Å². The van der Waals surface area contributed by atoms with Crippen LogP contribution in [0.25, 0.3) is 0 Å². The van der Waals surface area contributed by atoms with Crippen molar-refractivity contribution in [3.63, 3.8) is 0 Å². The lowest BCUT2D eigenvalue weighted by molar-refractivity contribution is 0.220. The van der Waals surface area contributed by atoms with Gasteiger partial charge in [0.1, 0.15) is 0 Å². The van der Waals surface area contributed by atoms with Crippen molar-refractivity contribution < 1.29 is 16.4 Å². The predicted octanol–water partition coefficient (Wildman–Crippen LogP) is 4.52. The average Bonchev–Trinajstić information content (AvgIpc) is 2.08. The van der Waals surface area contributed by atoms with E-state index in [0.717, 1.165) is 9.13 Å². The van der Waals surface area contributed by atoms with Gasteiger partial charge >= 0.3 is 17.8 Å². The third-order valence-electron chi connectivity index (χ3n) is 3.41. The molecule has 0 fully saturated rings. The largest absolute Gasteiger partial charge is 0.511 e. The number of hydrogen-bond acceptors (Lipinski definition) is 2. The Bertz CT molecular complexity index is 277. The average molecular weight is 347 g/mol. The fourth-order valence-corrected chi connectivity index (χ4v) is 9.67. The zero-order chi connectivity index (χ0) is 17.2. The van der Waals surface area contributed by atoms with E-state index in [0.29, 0.717) is 0 Å². The minimum absolute atomic E-state index is 0.428. The van der Waals surface area contributed by atoms with Crippen molar-refractivity contribution in [2.75, 3.05) is 0 Å². The zero-order valence-electron chi connectivity index (χ0n) is 14.4. The quantitative estimate of drug-likeness (QED) is 0.362. The van der Waals surface area contributed by atoms with Gasteiger partial charge in [0.05, 0.1) is 5.67 Å². The summed E-state index contributed by atoms with van der Waals surface area (Å²) in [7, 11) is -10.3. The Morgan fingerprint density at radius 3 is 0.905 bits per heavy atom. The molecule has 0 unspecified atom stereocenters. The predicted molar refractivity (Wildman–Crippen MR) is 85.0 cm³/mol. The molecule has 21 heavy (non-hydrogen) atoms. The standard InChI is InChI=1S/C13H30F4N2Si2/c1-10(2)18(11(3)4)20(14,15)9-21(16,17)19(12(5)6)13(7)8/h10-13H,9H2,1-8H3. The summed E-state index contributed by atoms with van der Waals surface area (Å²) in [6, 6.07) is -1.71. The van der Waals surface area contributed by atoms with Gasteiger partial charge in [0.2, 0.25) is 0 Å². The van der Waals surface area contributed by atoms with Gasteiger partial charge in [-0.2, -0.15) is 0 Å². The lowest BCUT2D eigenvalue weighted by Gasteiger charge is -2.40. The first-order valence-corrected chi connectivity index (χ1v) is 11.4. The van der Waals surface area contributed by atoms with Crippen LogP contribution in [0.3, 0.4) is 0 Å². The van der Waals surface area contributed by atoms with Crippen LogP contribution in [-0.4, -0.2) is 51.1 Å². The van der Waals surface area contributed by atoms with Crippen molar-refractivity contribution in [3.8, 4) is 0 Å². The Labute approximate surface area is 129 Å². The highest BCUT2D eigenvalue weighted by Gasteiger charge is 2.59. The smallest absolute Gasteiger partial charge is 0.269 e. The monoisotopic (exact) mass is 346 g/mol. The van der Waals surface area contributed by atoms with Crippen LogP contribution in [0, 0.1) is 0 Å². The zero-order valence-corrected chi connectivity index (χ0v) is 16.4. The van der Waals surface area contributed by atoms with E-state index in [4.69, 9.17) is 0 Å². The van der Waals surface area contributed by atoms with Gasteiger partial charge in [0.15, 0.2) is 0 Å². The summed E-state index contributed by atoms with van der Waals surface area (Å²) in [4.78, 5) is 0. The molecule has 0 saturated heterocycles. The lowest BCUT2D eigenvalue weighted by Crippen LogP contribution is -2.62. The number of halogens is 4. The van der Waals surface area contributed by atoms with Gasteiger partial charge in [-0.05, 0) is 0 Å². The van der Waals surface area contributed by atoms with E-state index < -0.39 is 47.6 Å². The summed E-state index contributed by atoms with van der Waals surface area (Å²) in [5, 5.41) is 0. The summed E-state index contributed by atoms with van der Waals surface area (Å²) in [5.74, 6) is 0. The molecule has 0 saturated carbocycles. The third kappa shape index (κ3) is 5.65. The van der Waals surface area contributed by atoms with Crippen LogP contribution in [0.4, 0.5) is 16.4 Å². The molecule has 0 atom stereocenters. The molecular weight excluding hydrogens is 316 g/mol. The normalized spacial score (nSPS) is 14.6. The van der Waals surface area contributed by atoms with Gasteiger partial charge in [0.25, 0.3) is 0 Å².